The molecule has 1 N–H and O–H groups in total. The second-order valence-corrected chi connectivity index (χ2v) is 4.72. The largest absolute Gasteiger partial charge is 0.363 e. The predicted molar refractivity (Wildman–Crippen MR) is 59.7 cm³/mol. The van der Waals surface area contributed by atoms with Crippen LogP contribution in [0, 0.1) is 0 Å². The average Bonchev–Trinajstić information content (AvgIpc) is 2.16. The number of piperazine rings is 1. The summed E-state index contributed by atoms with van der Waals surface area (Å²) in [7, 11) is 0. The molecular formula is C11H22N2O2. The fraction of sp³-hybridized carbons (Fsp3) is 0.909. The zero-order valence-corrected chi connectivity index (χ0v) is 10.2. The van der Waals surface area contributed by atoms with Gasteiger partial charge >= 0.3 is 0 Å². The zero-order chi connectivity index (χ0) is 11.5. The second kappa shape index (κ2) is 4.94. The first-order valence-corrected chi connectivity index (χ1v) is 5.61. The van der Waals surface area contributed by atoms with E-state index in [9.17, 15) is 4.79 Å². The summed E-state index contributed by atoms with van der Waals surface area (Å²) >= 11 is 0. The third kappa shape index (κ3) is 3.47. The van der Waals surface area contributed by atoms with Crippen molar-refractivity contribution < 1.29 is 9.53 Å². The van der Waals surface area contributed by atoms with Crippen LogP contribution in [0.25, 0.3) is 0 Å². The van der Waals surface area contributed by atoms with E-state index < -0.39 is 5.60 Å². The van der Waals surface area contributed by atoms with Crippen molar-refractivity contribution in [3.8, 4) is 0 Å². The number of carbonyl (C=O) groups is 1. The van der Waals surface area contributed by atoms with Gasteiger partial charge in [0, 0.05) is 26.2 Å². The molecule has 0 aromatic carbocycles. The monoisotopic (exact) mass is 214 g/mol. The summed E-state index contributed by atoms with van der Waals surface area (Å²) in [4.78, 5) is 14.0. The van der Waals surface area contributed by atoms with E-state index in [0.29, 0.717) is 0 Å². The summed E-state index contributed by atoms with van der Waals surface area (Å²) < 4.78 is 5.64. The van der Waals surface area contributed by atoms with E-state index in [4.69, 9.17) is 4.74 Å². The minimum absolute atomic E-state index is 0.0758. The minimum atomic E-state index is -0.703. The molecule has 1 saturated heterocycles. The molecule has 0 saturated carbocycles. The molecule has 0 radical (unpaired) electrons. The third-order valence-electron chi connectivity index (χ3n) is 2.45. The first-order valence-electron chi connectivity index (χ1n) is 5.61. The van der Waals surface area contributed by atoms with Crippen LogP contribution in [0.5, 0.6) is 0 Å². The van der Waals surface area contributed by atoms with Crippen molar-refractivity contribution in [2.24, 2.45) is 0 Å². The Morgan fingerprint density at radius 3 is 2.33 bits per heavy atom. The topological polar surface area (TPSA) is 41.6 Å². The number of ether oxygens (including phenoxy) is 1. The Bertz CT molecular complexity index is 221. The molecule has 88 valence electrons. The molecule has 1 aliphatic rings. The lowest BCUT2D eigenvalue weighted by atomic mass is 10.1. The van der Waals surface area contributed by atoms with Crippen molar-refractivity contribution in [3.05, 3.63) is 0 Å². The maximum Gasteiger partial charge on any atom is 0.254 e. The number of amides is 1. The van der Waals surface area contributed by atoms with Crippen LogP contribution < -0.4 is 5.32 Å². The van der Waals surface area contributed by atoms with E-state index in [-0.39, 0.29) is 12.0 Å². The van der Waals surface area contributed by atoms with Crippen molar-refractivity contribution in [1.82, 2.24) is 10.2 Å². The summed E-state index contributed by atoms with van der Waals surface area (Å²) in [5.41, 5.74) is -0.703. The summed E-state index contributed by atoms with van der Waals surface area (Å²) in [5, 5.41) is 3.23. The second-order valence-electron chi connectivity index (χ2n) is 4.72. The highest BCUT2D eigenvalue weighted by molar-refractivity contribution is 5.84. The summed E-state index contributed by atoms with van der Waals surface area (Å²) in [6.45, 7) is 10.9. The Morgan fingerprint density at radius 1 is 1.33 bits per heavy atom. The van der Waals surface area contributed by atoms with Crippen LogP contribution in [0.4, 0.5) is 0 Å². The van der Waals surface area contributed by atoms with E-state index >= 15 is 0 Å². The Kier molecular flexibility index (Phi) is 4.11. The van der Waals surface area contributed by atoms with Gasteiger partial charge in [0.2, 0.25) is 0 Å². The van der Waals surface area contributed by atoms with Crippen LogP contribution >= 0.6 is 0 Å². The maximum absolute atomic E-state index is 12.1. The van der Waals surface area contributed by atoms with Crippen LogP contribution in [-0.4, -0.2) is 48.7 Å². The molecule has 4 nitrogen and oxygen atoms in total. The minimum Gasteiger partial charge on any atom is -0.363 e. The zero-order valence-electron chi connectivity index (χ0n) is 10.2. The lowest BCUT2D eigenvalue weighted by molar-refractivity contribution is -0.159. The number of carbonyl (C=O) groups excluding carboxylic acids is 1. The molecular weight excluding hydrogens is 192 g/mol. The van der Waals surface area contributed by atoms with Crippen LogP contribution in [-0.2, 0) is 9.53 Å². The fourth-order valence-corrected chi connectivity index (χ4v) is 1.89. The highest BCUT2D eigenvalue weighted by Crippen LogP contribution is 2.16. The molecule has 1 amide bonds. The summed E-state index contributed by atoms with van der Waals surface area (Å²) in [5.74, 6) is 0.0951. The first kappa shape index (κ1) is 12.5. The molecule has 1 aliphatic heterocycles. The van der Waals surface area contributed by atoms with Gasteiger partial charge in [-0.25, -0.2) is 0 Å². The smallest absolute Gasteiger partial charge is 0.254 e. The van der Waals surface area contributed by atoms with Gasteiger partial charge in [-0.05, 0) is 27.7 Å². The molecule has 1 fully saturated rings. The average molecular weight is 214 g/mol. The number of hydrogen-bond donors (Lipinski definition) is 1. The van der Waals surface area contributed by atoms with Gasteiger partial charge in [-0.2, -0.15) is 0 Å². The van der Waals surface area contributed by atoms with Gasteiger partial charge in [-0.15, -0.1) is 0 Å². The van der Waals surface area contributed by atoms with Crippen molar-refractivity contribution in [3.63, 3.8) is 0 Å². The van der Waals surface area contributed by atoms with E-state index in [1.807, 2.05) is 32.6 Å². The maximum atomic E-state index is 12.1. The molecule has 0 unspecified atom stereocenters. The van der Waals surface area contributed by atoms with Crippen LogP contribution in [0.2, 0.25) is 0 Å². The van der Waals surface area contributed by atoms with Gasteiger partial charge in [0.05, 0.1) is 6.10 Å². The van der Waals surface area contributed by atoms with Crippen molar-refractivity contribution in [1.29, 1.82) is 0 Å². The molecule has 15 heavy (non-hydrogen) atoms. The lowest BCUT2D eigenvalue weighted by Crippen LogP contribution is -2.54. The molecule has 0 aromatic rings. The molecule has 0 aliphatic carbocycles. The van der Waals surface area contributed by atoms with Crippen molar-refractivity contribution in [2.45, 2.75) is 39.4 Å². The van der Waals surface area contributed by atoms with Crippen molar-refractivity contribution >= 4 is 5.91 Å². The Hall–Kier alpha value is -0.610. The molecule has 1 heterocycles. The first-order chi connectivity index (χ1) is 6.93. The van der Waals surface area contributed by atoms with Gasteiger partial charge < -0.3 is 15.0 Å². The Balaban J connectivity index is 2.56. The number of nitrogens with one attached hydrogen (secondary N) is 1. The van der Waals surface area contributed by atoms with Gasteiger partial charge in [0.1, 0.15) is 5.60 Å². The Morgan fingerprint density at radius 2 is 1.87 bits per heavy atom. The fourth-order valence-electron chi connectivity index (χ4n) is 1.89. The normalized spacial score (nSPS) is 18.3. The highest BCUT2D eigenvalue weighted by atomic mass is 16.5. The molecule has 0 atom stereocenters. The quantitative estimate of drug-likeness (QED) is 0.749. The van der Waals surface area contributed by atoms with Gasteiger partial charge in [-0.1, -0.05) is 0 Å². The summed E-state index contributed by atoms with van der Waals surface area (Å²) in [6, 6.07) is 0. The predicted octanol–water partition coefficient (Wildman–Crippen LogP) is 0.622. The molecule has 0 spiro atoms. The summed E-state index contributed by atoms with van der Waals surface area (Å²) in [6.07, 6.45) is 0.0758. The number of rotatable bonds is 3. The van der Waals surface area contributed by atoms with E-state index in [1.54, 1.807) is 0 Å². The lowest BCUT2D eigenvalue weighted by Gasteiger charge is -2.35. The molecule has 4 heteroatoms. The third-order valence-corrected chi connectivity index (χ3v) is 2.45. The SMILES string of the molecule is CC(C)OC(C)(C)C(=O)N1CCNCC1. The van der Waals surface area contributed by atoms with Crippen LogP contribution in [0.1, 0.15) is 27.7 Å². The van der Waals surface area contributed by atoms with E-state index in [0.717, 1.165) is 26.2 Å². The highest BCUT2D eigenvalue weighted by Gasteiger charge is 2.34. The molecule has 0 aromatic heterocycles. The Labute approximate surface area is 92.0 Å². The van der Waals surface area contributed by atoms with Crippen LogP contribution in [0.3, 0.4) is 0 Å². The van der Waals surface area contributed by atoms with E-state index in [2.05, 4.69) is 5.32 Å². The van der Waals surface area contributed by atoms with E-state index in [1.165, 1.54) is 0 Å². The number of nitrogens with zero attached hydrogens (tertiary/aromatic N) is 1. The molecule has 0 bridgehead atoms. The van der Waals surface area contributed by atoms with Gasteiger partial charge in [0.25, 0.3) is 5.91 Å². The molecule has 1 rings (SSSR count). The van der Waals surface area contributed by atoms with Gasteiger partial charge in [0.15, 0.2) is 0 Å². The van der Waals surface area contributed by atoms with Gasteiger partial charge in [-0.3, -0.25) is 4.79 Å². The van der Waals surface area contributed by atoms with Crippen LogP contribution in [0.15, 0.2) is 0 Å². The standard InChI is InChI=1S/C11H22N2O2/c1-9(2)15-11(3,4)10(14)13-7-5-12-6-8-13/h9,12H,5-8H2,1-4H3. The number of hydrogen-bond acceptors (Lipinski definition) is 3. The van der Waals surface area contributed by atoms with Crippen molar-refractivity contribution in [2.75, 3.05) is 26.2 Å².